The predicted molar refractivity (Wildman–Crippen MR) is 79.7 cm³/mol. The molecule has 22 heavy (non-hydrogen) atoms. The van der Waals surface area contributed by atoms with Gasteiger partial charge in [-0.1, -0.05) is 12.1 Å². The van der Waals surface area contributed by atoms with E-state index in [0.717, 1.165) is 13.0 Å². The Bertz CT molecular complexity index is 584. The first-order chi connectivity index (χ1) is 9.70. The summed E-state index contributed by atoms with van der Waals surface area (Å²) < 4.78 is 62.9. The van der Waals surface area contributed by atoms with E-state index in [1.807, 2.05) is 0 Å². The number of hydrogen-bond acceptors (Lipinski definition) is 3. The van der Waals surface area contributed by atoms with Crippen molar-refractivity contribution in [2.24, 2.45) is 0 Å². The molecule has 0 amide bonds. The van der Waals surface area contributed by atoms with Crippen molar-refractivity contribution in [2.75, 3.05) is 20.1 Å². The summed E-state index contributed by atoms with van der Waals surface area (Å²) in [7, 11) is -2.17. The van der Waals surface area contributed by atoms with Gasteiger partial charge >= 0.3 is 6.18 Å². The lowest BCUT2D eigenvalue weighted by Gasteiger charge is -2.23. The van der Waals surface area contributed by atoms with E-state index in [-0.39, 0.29) is 28.9 Å². The molecule has 0 radical (unpaired) electrons. The first-order valence-corrected chi connectivity index (χ1v) is 7.98. The molecule has 9 heteroatoms. The third-order valence-electron chi connectivity index (χ3n) is 3.55. The van der Waals surface area contributed by atoms with E-state index in [1.165, 1.54) is 35.6 Å². The largest absolute Gasteiger partial charge is 0.393 e. The molecule has 1 aromatic rings. The molecule has 0 saturated carbocycles. The van der Waals surface area contributed by atoms with Crippen molar-refractivity contribution in [3.8, 4) is 0 Å². The highest BCUT2D eigenvalue weighted by atomic mass is 35.5. The van der Waals surface area contributed by atoms with Gasteiger partial charge in [0, 0.05) is 19.6 Å². The second-order valence-electron chi connectivity index (χ2n) is 5.10. The number of hydrogen-bond donors (Lipinski definition) is 1. The lowest BCUT2D eigenvalue weighted by atomic mass is 10.1. The Hall–Kier alpha value is -0.830. The maximum atomic E-state index is 12.4. The van der Waals surface area contributed by atoms with Gasteiger partial charge in [-0.15, -0.1) is 12.4 Å². The van der Waals surface area contributed by atoms with Crippen molar-refractivity contribution < 1.29 is 21.6 Å². The molecule has 1 atom stereocenters. The second kappa shape index (κ2) is 7.16. The van der Waals surface area contributed by atoms with Crippen LogP contribution in [0.25, 0.3) is 0 Å². The summed E-state index contributed by atoms with van der Waals surface area (Å²) >= 11 is 0. The van der Waals surface area contributed by atoms with Gasteiger partial charge in [0.15, 0.2) is 0 Å². The van der Waals surface area contributed by atoms with Crippen LogP contribution in [0.5, 0.6) is 0 Å². The molecule has 2 rings (SSSR count). The van der Waals surface area contributed by atoms with E-state index < -0.39 is 22.6 Å². The van der Waals surface area contributed by atoms with Gasteiger partial charge in [-0.2, -0.15) is 17.5 Å². The molecular formula is C13H18ClF3N2O2S. The summed E-state index contributed by atoms with van der Waals surface area (Å²) in [4.78, 5) is 0.0165. The predicted octanol–water partition coefficient (Wildman–Crippen LogP) is 2.20. The van der Waals surface area contributed by atoms with Crippen molar-refractivity contribution in [2.45, 2.75) is 30.0 Å². The highest BCUT2D eigenvalue weighted by Crippen LogP contribution is 2.24. The molecule has 0 spiro atoms. The van der Waals surface area contributed by atoms with E-state index >= 15 is 0 Å². The number of alkyl halides is 3. The van der Waals surface area contributed by atoms with Gasteiger partial charge in [0.1, 0.15) is 0 Å². The van der Waals surface area contributed by atoms with Gasteiger partial charge in [-0.25, -0.2) is 8.42 Å². The Morgan fingerprint density at radius 3 is 2.32 bits per heavy atom. The van der Waals surface area contributed by atoms with Crippen molar-refractivity contribution in [1.29, 1.82) is 0 Å². The fourth-order valence-corrected chi connectivity index (χ4v) is 3.71. The summed E-state index contributed by atoms with van der Waals surface area (Å²) in [6.45, 7) is 1.34. The Balaban J connectivity index is 0.00000242. The zero-order chi connectivity index (χ0) is 15.7. The molecule has 1 unspecified atom stereocenters. The van der Waals surface area contributed by atoms with Crippen LogP contribution in [0.1, 0.15) is 12.0 Å². The zero-order valence-corrected chi connectivity index (χ0v) is 13.6. The standard InChI is InChI=1S/C13H17F3N2O2S.ClH/c1-18(11-6-7-17-9-11)21(19,20)12-4-2-10(3-5-12)8-13(14,15)16;/h2-5,11,17H,6-9H2,1H3;1H. The third-order valence-corrected chi connectivity index (χ3v) is 5.48. The molecule has 1 aliphatic rings. The molecule has 1 aromatic carbocycles. The lowest BCUT2D eigenvalue weighted by molar-refractivity contribution is -0.127. The quantitative estimate of drug-likeness (QED) is 0.897. The van der Waals surface area contributed by atoms with Gasteiger partial charge < -0.3 is 5.32 Å². The number of halogens is 4. The topological polar surface area (TPSA) is 49.4 Å². The number of likely N-dealkylation sites (N-methyl/N-ethyl adjacent to an activating group) is 1. The summed E-state index contributed by atoms with van der Waals surface area (Å²) in [5.74, 6) is 0. The third kappa shape index (κ3) is 4.58. The average molecular weight is 359 g/mol. The van der Waals surface area contributed by atoms with Crippen LogP contribution in [-0.4, -0.2) is 45.1 Å². The van der Waals surface area contributed by atoms with E-state index in [2.05, 4.69) is 5.32 Å². The van der Waals surface area contributed by atoms with Crippen LogP contribution in [0, 0.1) is 0 Å². The highest BCUT2D eigenvalue weighted by Gasteiger charge is 2.31. The minimum absolute atomic E-state index is 0. The van der Waals surface area contributed by atoms with Crippen LogP contribution >= 0.6 is 12.4 Å². The molecule has 1 aliphatic heterocycles. The molecule has 4 nitrogen and oxygen atoms in total. The van der Waals surface area contributed by atoms with E-state index in [4.69, 9.17) is 0 Å². The Morgan fingerprint density at radius 1 is 1.27 bits per heavy atom. The van der Waals surface area contributed by atoms with Crippen molar-refractivity contribution in [1.82, 2.24) is 9.62 Å². The summed E-state index contributed by atoms with van der Waals surface area (Å²) in [5, 5.41) is 3.08. The second-order valence-corrected chi connectivity index (χ2v) is 7.10. The van der Waals surface area contributed by atoms with Crippen molar-refractivity contribution >= 4 is 22.4 Å². The van der Waals surface area contributed by atoms with E-state index in [0.29, 0.717) is 6.54 Å². The van der Waals surface area contributed by atoms with Crippen molar-refractivity contribution in [3.63, 3.8) is 0 Å². The Morgan fingerprint density at radius 2 is 1.86 bits per heavy atom. The molecule has 1 heterocycles. The summed E-state index contributed by atoms with van der Waals surface area (Å²) in [5.41, 5.74) is 0.0478. The maximum Gasteiger partial charge on any atom is 0.393 e. The minimum atomic E-state index is -4.30. The van der Waals surface area contributed by atoms with Crippen LogP contribution in [0.4, 0.5) is 13.2 Å². The monoisotopic (exact) mass is 358 g/mol. The number of nitrogens with zero attached hydrogens (tertiary/aromatic N) is 1. The fraction of sp³-hybridized carbons (Fsp3) is 0.538. The molecule has 1 fully saturated rings. The Labute approximate surface area is 134 Å². The normalized spacial score (nSPS) is 19.2. The van der Waals surface area contributed by atoms with Crippen molar-refractivity contribution in [3.05, 3.63) is 29.8 Å². The van der Waals surface area contributed by atoms with Gasteiger partial charge in [-0.05, 0) is 30.7 Å². The van der Waals surface area contributed by atoms with Crippen LogP contribution in [-0.2, 0) is 16.4 Å². The van der Waals surface area contributed by atoms with Gasteiger partial charge in [-0.3, -0.25) is 0 Å². The summed E-state index contributed by atoms with van der Waals surface area (Å²) in [6.07, 6.45) is -4.63. The van der Waals surface area contributed by atoms with Gasteiger partial charge in [0.25, 0.3) is 0 Å². The van der Waals surface area contributed by atoms with Crippen LogP contribution in [0.2, 0.25) is 0 Å². The van der Waals surface area contributed by atoms with Gasteiger partial charge in [0.05, 0.1) is 11.3 Å². The SMILES string of the molecule is CN(C1CCNC1)S(=O)(=O)c1ccc(CC(F)(F)F)cc1.Cl. The van der Waals surface area contributed by atoms with Gasteiger partial charge in [0.2, 0.25) is 10.0 Å². The first-order valence-electron chi connectivity index (χ1n) is 6.54. The maximum absolute atomic E-state index is 12.4. The van der Waals surface area contributed by atoms with Crippen LogP contribution in [0.15, 0.2) is 29.2 Å². The molecule has 1 saturated heterocycles. The molecule has 0 bridgehead atoms. The molecule has 0 aliphatic carbocycles. The lowest BCUT2D eigenvalue weighted by Crippen LogP contribution is -2.38. The first kappa shape index (κ1) is 19.2. The average Bonchev–Trinajstić information content (AvgIpc) is 2.90. The highest BCUT2D eigenvalue weighted by molar-refractivity contribution is 7.89. The molecule has 126 valence electrons. The minimum Gasteiger partial charge on any atom is -0.315 e. The summed E-state index contributed by atoms with van der Waals surface area (Å²) in [6, 6.07) is 4.76. The fourth-order valence-electron chi connectivity index (χ4n) is 2.32. The van der Waals surface area contributed by atoms with Crippen LogP contribution in [0.3, 0.4) is 0 Å². The van der Waals surface area contributed by atoms with Crippen LogP contribution < -0.4 is 5.32 Å². The molecule has 0 aromatic heterocycles. The number of sulfonamides is 1. The smallest absolute Gasteiger partial charge is 0.315 e. The van der Waals surface area contributed by atoms with E-state index in [1.54, 1.807) is 0 Å². The Kier molecular flexibility index (Phi) is 6.26. The zero-order valence-electron chi connectivity index (χ0n) is 11.9. The number of nitrogens with one attached hydrogen (secondary N) is 1. The molecule has 1 N–H and O–H groups in total. The number of benzene rings is 1. The number of rotatable bonds is 4. The van der Waals surface area contributed by atoms with E-state index in [9.17, 15) is 21.6 Å². The molecular weight excluding hydrogens is 341 g/mol.